The third-order valence-corrected chi connectivity index (χ3v) is 9.12. The molecule has 0 radical (unpaired) electrons. The van der Waals surface area contributed by atoms with Crippen LogP contribution in [0.15, 0.2) is 41.3 Å². The summed E-state index contributed by atoms with van der Waals surface area (Å²) in [5.41, 5.74) is 3.45. The van der Waals surface area contributed by atoms with Gasteiger partial charge in [-0.2, -0.15) is 0 Å². The fourth-order valence-electron chi connectivity index (χ4n) is 4.51. The van der Waals surface area contributed by atoms with Crippen LogP contribution in [0, 0.1) is 10.8 Å². The summed E-state index contributed by atoms with van der Waals surface area (Å²) in [6, 6.07) is 10.3. The summed E-state index contributed by atoms with van der Waals surface area (Å²) < 4.78 is 26.1. The van der Waals surface area contributed by atoms with E-state index in [9.17, 15) is 13.2 Å². The van der Waals surface area contributed by atoms with Crippen LogP contribution in [0.2, 0.25) is 0 Å². The van der Waals surface area contributed by atoms with E-state index in [4.69, 9.17) is 5.41 Å². The second kappa shape index (κ2) is 9.30. The SMILES string of the molecule is CCn1cc(-c2cccc(CC(C)(C)C)c2)c2sc(C(=N)NC3CCS(=O)(=O)CC3)cc2c1=O. The zero-order valence-electron chi connectivity index (χ0n) is 20.3. The standard InChI is InChI=1S/C26H33N3O3S2/c1-5-29-16-21(18-8-6-7-17(13-18)15-26(2,3)4)23-20(25(29)30)14-22(33-23)24(27)28-19-9-11-34(31,32)12-10-19/h6-8,13-14,16,19H,5,9-12,15H2,1-4H3,(H2,27,28). The van der Waals surface area contributed by atoms with Crippen LogP contribution in [0.1, 0.15) is 51.0 Å². The Hall–Kier alpha value is -2.45. The molecular weight excluding hydrogens is 466 g/mol. The highest BCUT2D eigenvalue weighted by molar-refractivity contribution is 7.91. The number of hydrogen-bond acceptors (Lipinski definition) is 5. The monoisotopic (exact) mass is 499 g/mol. The van der Waals surface area contributed by atoms with Crippen molar-refractivity contribution >= 4 is 37.1 Å². The Morgan fingerprint density at radius 3 is 2.56 bits per heavy atom. The van der Waals surface area contributed by atoms with Gasteiger partial charge >= 0.3 is 0 Å². The molecule has 3 heterocycles. The minimum Gasteiger partial charge on any atom is -0.367 e. The van der Waals surface area contributed by atoms with Crippen LogP contribution in [-0.4, -0.2) is 36.4 Å². The molecule has 1 saturated heterocycles. The van der Waals surface area contributed by atoms with Gasteiger partial charge in [0.05, 0.1) is 21.8 Å². The first-order valence-electron chi connectivity index (χ1n) is 11.8. The second-order valence-electron chi connectivity index (χ2n) is 10.4. The minimum absolute atomic E-state index is 0.0397. The van der Waals surface area contributed by atoms with Crippen LogP contribution >= 0.6 is 11.3 Å². The number of aryl methyl sites for hydroxylation is 1. The van der Waals surface area contributed by atoms with Gasteiger partial charge in [0.15, 0.2) is 0 Å². The summed E-state index contributed by atoms with van der Waals surface area (Å²) in [5.74, 6) is 0.557. The summed E-state index contributed by atoms with van der Waals surface area (Å²) in [7, 11) is -2.95. The fourth-order valence-corrected chi connectivity index (χ4v) is 7.10. The first-order valence-corrected chi connectivity index (χ1v) is 14.4. The van der Waals surface area contributed by atoms with E-state index in [0.717, 1.165) is 22.2 Å². The van der Waals surface area contributed by atoms with E-state index in [0.29, 0.717) is 29.6 Å². The molecule has 1 aliphatic heterocycles. The highest BCUT2D eigenvalue weighted by Gasteiger charge is 2.25. The van der Waals surface area contributed by atoms with Crippen molar-refractivity contribution in [3.05, 3.63) is 57.3 Å². The predicted molar refractivity (Wildman–Crippen MR) is 142 cm³/mol. The Labute approximate surface area is 205 Å². The molecule has 182 valence electrons. The summed E-state index contributed by atoms with van der Waals surface area (Å²) in [4.78, 5) is 13.8. The van der Waals surface area contributed by atoms with E-state index >= 15 is 0 Å². The van der Waals surface area contributed by atoms with Crippen molar-refractivity contribution in [1.82, 2.24) is 9.88 Å². The Morgan fingerprint density at radius 2 is 1.91 bits per heavy atom. The van der Waals surface area contributed by atoms with E-state index in [2.05, 4.69) is 50.4 Å². The van der Waals surface area contributed by atoms with Gasteiger partial charge in [-0.3, -0.25) is 10.2 Å². The first-order chi connectivity index (χ1) is 16.0. The van der Waals surface area contributed by atoms with Crippen molar-refractivity contribution < 1.29 is 8.42 Å². The number of thiophene rings is 1. The van der Waals surface area contributed by atoms with Crippen molar-refractivity contribution in [3.63, 3.8) is 0 Å². The number of hydrogen-bond donors (Lipinski definition) is 2. The molecule has 0 spiro atoms. The Kier molecular flexibility index (Phi) is 6.75. The number of sulfone groups is 1. The quantitative estimate of drug-likeness (QED) is 0.388. The number of pyridine rings is 1. The number of amidine groups is 1. The summed E-state index contributed by atoms with van der Waals surface area (Å²) in [6.07, 6.45) is 3.90. The molecule has 0 saturated carbocycles. The molecule has 0 atom stereocenters. The van der Waals surface area contributed by atoms with Gasteiger partial charge in [0, 0.05) is 29.0 Å². The van der Waals surface area contributed by atoms with Gasteiger partial charge in [0.1, 0.15) is 15.7 Å². The molecule has 1 aliphatic rings. The first kappa shape index (κ1) is 24.7. The predicted octanol–water partition coefficient (Wildman–Crippen LogP) is 4.83. The maximum absolute atomic E-state index is 13.1. The lowest BCUT2D eigenvalue weighted by atomic mass is 9.87. The van der Waals surface area contributed by atoms with Gasteiger partial charge in [-0.25, -0.2) is 8.42 Å². The lowest BCUT2D eigenvalue weighted by Crippen LogP contribution is -2.40. The molecule has 34 heavy (non-hydrogen) atoms. The Bertz CT molecular complexity index is 1380. The van der Waals surface area contributed by atoms with Crippen molar-refractivity contribution in [3.8, 4) is 11.1 Å². The zero-order valence-corrected chi connectivity index (χ0v) is 21.9. The molecule has 1 fully saturated rings. The van der Waals surface area contributed by atoms with Crippen molar-refractivity contribution in [2.75, 3.05) is 11.5 Å². The van der Waals surface area contributed by atoms with E-state index in [-0.39, 0.29) is 34.4 Å². The number of nitrogens with zero attached hydrogens (tertiary/aromatic N) is 1. The van der Waals surface area contributed by atoms with Gasteiger partial charge in [0.2, 0.25) is 0 Å². The number of aromatic nitrogens is 1. The molecule has 8 heteroatoms. The molecule has 3 aromatic rings. The number of benzene rings is 1. The maximum Gasteiger partial charge on any atom is 0.259 e. The van der Waals surface area contributed by atoms with Crippen molar-refractivity contribution in [1.29, 1.82) is 5.41 Å². The molecule has 2 N–H and O–H groups in total. The number of rotatable bonds is 5. The second-order valence-corrected chi connectivity index (χ2v) is 13.7. The molecule has 0 bridgehead atoms. The number of nitrogens with one attached hydrogen (secondary N) is 2. The van der Waals surface area contributed by atoms with Gasteiger partial charge in [-0.15, -0.1) is 11.3 Å². The molecule has 0 aliphatic carbocycles. The van der Waals surface area contributed by atoms with Crippen LogP contribution in [0.4, 0.5) is 0 Å². The van der Waals surface area contributed by atoms with Gasteiger partial charge in [0.25, 0.3) is 5.56 Å². The van der Waals surface area contributed by atoms with Crippen molar-refractivity contribution in [2.45, 2.75) is 59.5 Å². The molecule has 2 aromatic heterocycles. The van der Waals surface area contributed by atoms with Crippen LogP contribution in [0.3, 0.4) is 0 Å². The molecule has 1 aromatic carbocycles. The van der Waals surface area contributed by atoms with E-state index in [1.807, 2.05) is 19.2 Å². The van der Waals surface area contributed by atoms with Crippen LogP contribution < -0.4 is 10.9 Å². The molecule has 6 nitrogen and oxygen atoms in total. The third-order valence-electron chi connectivity index (χ3n) is 6.22. The molecular formula is C26H33N3O3S2. The van der Waals surface area contributed by atoms with Gasteiger partial charge in [-0.05, 0) is 48.8 Å². The topological polar surface area (TPSA) is 92.0 Å². The third kappa shape index (κ3) is 5.44. The van der Waals surface area contributed by atoms with Crippen LogP contribution in [-0.2, 0) is 22.8 Å². The Balaban J connectivity index is 1.72. The van der Waals surface area contributed by atoms with Crippen LogP contribution in [0.5, 0.6) is 0 Å². The molecule has 4 rings (SSSR count). The molecule has 0 unspecified atom stereocenters. The number of fused-ring (bicyclic) bond motifs is 1. The lowest BCUT2D eigenvalue weighted by Gasteiger charge is -2.23. The van der Waals surface area contributed by atoms with E-state index in [1.165, 1.54) is 16.9 Å². The lowest BCUT2D eigenvalue weighted by molar-refractivity contribution is 0.411. The van der Waals surface area contributed by atoms with Gasteiger partial charge in [-0.1, -0.05) is 45.0 Å². The summed E-state index contributed by atoms with van der Waals surface area (Å²) in [6.45, 7) is 9.20. The summed E-state index contributed by atoms with van der Waals surface area (Å²) in [5, 5.41) is 12.4. The van der Waals surface area contributed by atoms with Crippen LogP contribution in [0.25, 0.3) is 21.2 Å². The Morgan fingerprint density at radius 1 is 1.21 bits per heavy atom. The average molecular weight is 500 g/mol. The fraction of sp³-hybridized carbons (Fsp3) is 0.462. The van der Waals surface area contributed by atoms with Crippen molar-refractivity contribution in [2.24, 2.45) is 5.41 Å². The zero-order chi connectivity index (χ0) is 24.7. The highest BCUT2D eigenvalue weighted by Crippen LogP contribution is 2.34. The molecule has 0 amide bonds. The van der Waals surface area contributed by atoms with E-state index in [1.54, 1.807) is 4.57 Å². The normalized spacial score (nSPS) is 16.6. The largest absolute Gasteiger partial charge is 0.367 e. The summed E-state index contributed by atoms with van der Waals surface area (Å²) >= 11 is 1.45. The van der Waals surface area contributed by atoms with Gasteiger partial charge < -0.3 is 9.88 Å². The minimum atomic E-state index is -2.95. The smallest absolute Gasteiger partial charge is 0.259 e. The highest BCUT2D eigenvalue weighted by atomic mass is 32.2. The average Bonchev–Trinajstić information content (AvgIpc) is 3.21. The van der Waals surface area contributed by atoms with E-state index < -0.39 is 9.84 Å². The maximum atomic E-state index is 13.1.